The summed E-state index contributed by atoms with van der Waals surface area (Å²) in [5, 5.41) is 1.03. The van der Waals surface area contributed by atoms with Gasteiger partial charge in [0.05, 0.1) is 21.8 Å². The Kier molecular flexibility index (Phi) is 8.96. The van der Waals surface area contributed by atoms with Crippen LogP contribution in [0.3, 0.4) is 0 Å². The quantitative estimate of drug-likeness (QED) is 0.237. The number of thiazole rings is 1. The monoisotopic (exact) mass is 623 g/mol. The zero-order valence-corrected chi connectivity index (χ0v) is 25.6. The highest BCUT2D eigenvalue weighted by Gasteiger charge is 2.34. The fraction of sp³-hybridized carbons (Fsp3) is 0.219. The first-order chi connectivity index (χ1) is 20.2. The zero-order chi connectivity index (χ0) is 30.0. The van der Waals surface area contributed by atoms with E-state index in [-0.39, 0.29) is 23.9 Å². The standard InChI is InChI=1S/C32H28Cl2FN3O3S/c1-4-37(5-2)31(40)28-19(3)36-32-38(29(28)21-8-10-23(33)11-9-21)30(39)27(42-32)17-22-16-24(34)12-15-26(22)41-18-20-6-13-25(35)14-7-20/h6-17,29H,4-5,18H2,1-3H3/b27-17+/t29-/m0/s1. The molecule has 42 heavy (non-hydrogen) atoms. The minimum atomic E-state index is -0.678. The van der Waals surface area contributed by atoms with Crippen molar-refractivity contribution in [3.8, 4) is 5.75 Å². The lowest BCUT2D eigenvalue weighted by Crippen LogP contribution is -2.43. The molecule has 0 aliphatic carbocycles. The zero-order valence-electron chi connectivity index (χ0n) is 23.2. The summed E-state index contributed by atoms with van der Waals surface area (Å²) < 4.78 is 21.4. The van der Waals surface area contributed by atoms with E-state index in [1.807, 2.05) is 26.0 Å². The highest BCUT2D eigenvalue weighted by atomic mass is 35.5. The third kappa shape index (κ3) is 6.07. The number of halogens is 3. The van der Waals surface area contributed by atoms with Crippen molar-refractivity contribution in [2.75, 3.05) is 13.1 Å². The maximum Gasteiger partial charge on any atom is 0.271 e. The molecule has 0 saturated heterocycles. The van der Waals surface area contributed by atoms with E-state index in [2.05, 4.69) is 0 Å². The predicted molar refractivity (Wildman–Crippen MR) is 165 cm³/mol. The molecule has 0 spiro atoms. The molecule has 0 bridgehead atoms. The van der Waals surface area contributed by atoms with Crippen LogP contribution in [-0.2, 0) is 11.4 Å². The lowest BCUT2D eigenvalue weighted by Gasteiger charge is -2.29. The van der Waals surface area contributed by atoms with Crippen molar-refractivity contribution in [3.05, 3.63) is 130 Å². The van der Waals surface area contributed by atoms with Crippen molar-refractivity contribution < 1.29 is 13.9 Å². The Balaban J connectivity index is 1.62. The van der Waals surface area contributed by atoms with Crippen molar-refractivity contribution in [3.63, 3.8) is 0 Å². The fourth-order valence-corrected chi connectivity index (χ4v) is 6.23. The van der Waals surface area contributed by atoms with Gasteiger partial charge in [-0.15, -0.1) is 0 Å². The Morgan fingerprint density at radius 1 is 1.05 bits per heavy atom. The largest absolute Gasteiger partial charge is 0.488 e. The topological polar surface area (TPSA) is 63.9 Å². The van der Waals surface area contributed by atoms with Crippen molar-refractivity contribution in [1.29, 1.82) is 0 Å². The molecular weight excluding hydrogens is 596 g/mol. The number of likely N-dealkylation sites (N-methyl/N-ethyl adjacent to an activating group) is 1. The van der Waals surface area contributed by atoms with E-state index in [1.54, 1.807) is 64.9 Å². The summed E-state index contributed by atoms with van der Waals surface area (Å²) in [6.45, 7) is 6.90. The summed E-state index contributed by atoms with van der Waals surface area (Å²) in [7, 11) is 0. The van der Waals surface area contributed by atoms with Crippen LogP contribution in [-0.4, -0.2) is 28.5 Å². The number of aromatic nitrogens is 1. The van der Waals surface area contributed by atoms with Crippen LogP contribution >= 0.6 is 34.5 Å². The average molecular weight is 625 g/mol. The molecule has 4 aromatic rings. The van der Waals surface area contributed by atoms with E-state index in [4.69, 9.17) is 32.9 Å². The van der Waals surface area contributed by atoms with Crippen LogP contribution in [0.5, 0.6) is 5.75 Å². The van der Waals surface area contributed by atoms with E-state index >= 15 is 0 Å². The van der Waals surface area contributed by atoms with Crippen molar-refractivity contribution in [2.24, 2.45) is 4.99 Å². The van der Waals surface area contributed by atoms with Crippen LogP contribution in [0.2, 0.25) is 10.0 Å². The second kappa shape index (κ2) is 12.7. The summed E-state index contributed by atoms with van der Waals surface area (Å²) in [5.74, 6) is 0.0228. The molecule has 0 saturated carbocycles. The number of carbonyl (C=O) groups is 1. The SMILES string of the molecule is CCN(CC)C(=O)C1=C(C)N=c2s/c(=C/c3cc(Cl)ccc3OCc3ccc(F)cc3)c(=O)n2[C@H]1c1ccc(Cl)cc1. The molecule has 1 atom stereocenters. The van der Waals surface area contributed by atoms with E-state index in [9.17, 15) is 14.0 Å². The van der Waals surface area contributed by atoms with Gasteiger partial charge in [-0.25, -0.2) is 9.38 Å². The normalized spacial score (nSPS) is 14.9. The fourth-order valence-electron chi connectivity index (χ4n) is 4.88. The van der Waals surface area contributed by atoms with Gasteiger partial charge < -0.3 is 9.64 Å². The Morgan fingerprint density at radius 2 is 1.71 bits per heavy atom. The van der Waals surface area contributed by atoms with Gasteiger partial charge in [0.2, 0.25) is 0 Å². The summed E-state index contributed by atoms with van der Waals surface area (Å²) >= 11 is 13.7. The minimum Gasteiger partial charge on any atom is -0.488 e. The van der Waals surface area contributed by atoms with E-state index in [1.165, 1.54) is 23.5 Å². The molecule has 1 aliphatic heterocycles. The minimum absolute atomic E-state index is 0.165. The number of fused-ring (bicyclic) bond motifs is 1. The number of amides is 1. The first-order valence-electron chi connectivity index (χ1n) is 13.4. The van der Waals surface area contributed by atoms with E-state index in [0.29, 0.717) is 55.1 Å². The maximum atomic E-state index is 14.1. The van der Waals surface area contributed by atoms with Crippen LogP contribution < -0.4 is 19.6 Å². The Morgan fingerprint density at radius 3 is 2.38 bits per heavy atom. The Labute approximate surface area is 256 Å². The number of nitrogens with zero attached hydrogens (tertiary/aromatic N) is 3. The van der Waals surface area contributed by atoms with Gasteiger partial charge in [-0.05, 0) is 80.4 Å². The molecule has 1 amide bonds. The molecule has 3 aromatic carbocycles. The number of carbonyl (C=O) groups excluding carboxylic acids is 1. The predicted octanol–water partition coefficient (Wildman–Crippen LogP) is 6.13. The summed E-state index contributed by atoms with van der Waals surface area (Å²) in [6.07, 6.45) is 1.72. The maximum absolute atomic E-state index is 14.1. The number of benzene rings is 3. The Hall–Kier alpha value is -3.72. The van der Waals surface area contributed by atoms with Gasteiger partial charge in [0.25, 0.3) is 11.5 Å². The molecule has 10 heteroatoms. The average Bonchev–Trinajstić information content (AvgIpc) is 3.27. The van der Waals surface area contributed by atoms with Crippen LogP contribution in [0.15, 0.2) is 87.8 Å². The van der Waals surface area contributed by atoms with Crippen LogP contribution in [0.4, 0.5) is 4.39 Å². The molecule has 6 nitrogen and oxygen atoms in total. The first-order valence-corrected chi connectivity index (χ1v) is 15.0. The van der Waals surface area contributed by atoms with Gasteiger partial charge >= 0.3 is 0 Å². The first kappa shape index (κ1) is 29.8. The third-order valence-electron chi connectivity index (χ3n) is 7.05. The van der Waals surface area contributed by atoms with Gasteiger partial charge in [-0.3, -0.25) is 14.2 Å². The van der Waals surface area contributed by atoms with Crippen LogP contribution in [0.25, 0.3) is 6.08 Å². The summed E-state index contributed by atoms with van der Waals surface area (Å²) in [5.41, 5.74) is 2.87. The van der Waals surface area contributed by atoms with Gasteiger partial charge in [0, 0.05) is 28.7 Å². The number of ether oxygens (including phenoxy) is 1. The second-order valence-corrected chi connectivity index (χ2v) is 11.6. The van der Waals surface area contributed by atoms with Crippen LogP contribution in [0.1, 0.15) is 43.5 Å². The van der Waals surface area contributed by atoms with Crippen molar-refractivity contribution in [2.45, 2.75) is 33.4 Å². The van der Waals surface area contributed by atoms with Gasteiger partial charge in [-0.1, -0.05) is 58.8 Å². The second-order valence-electron chi connectivity index (χ2n) is 9.71. The highest BCUT2D eigenvalue weighted by Crippen LogP contribution is 2.32. The summed E-state index contributed by atoms with van der Waals surface area (Å²) in [6, 6.07) is 17.7. The van der Waals surface area contributed by atoms with Crippen molar-refractivity contribution in [1.82, 2.24) is 9.47 Å². The van der Waals surface area contributed by atoms with E-state index < -0.39 is 6.04 Å². The molecule has 0 N–H and O–H groups in total. The molecule has 0 unspecified atom stereocenters. The highest BCUT2D eigenvalue weighted by molar-refractivity contribution is 7.07. The molecule has 216 valence electrons. The summed E-state index contributed by atoms with van der Waals surface area (Å²) in [4.78, 5) is 34.7. The van der Waals surface area contributed by atoms with Gasteiger partial charge in [0.1, 0.15) is 18.2 Å². The number of hydrogen-bond donors (Lipinski definition) is 0. The molecule has 0 radical (unpaired) electrons. The third-order valence-corrected chi connectivity index (χ3v) is 8.52. The molecule has 2 heterocycles. The van der Waals surface area contributed by atoms with Gasteiger partial charge in [-0.2, -0.15) is 0 Å². The Bertz CT molecular complexity index is 1840. The molecule has 5 rings (SSSR count). The smallest absolute Gasteiger partial charge is 0.271 e. The number of allylic oxidation sites excluding steroid dienone is 1. The van der Waals surface area contributed by atoms with Crippen molar-refractivity contribution >= 4 is 46.5 Å². The lowest BCUT2D eigenvalue weighted by molar-refractivity contribution is -0.127. The molecular formula is C32H28Cl2FN3O3S. The number of hydrogen-bond acceptors (Lipinski definition) is 5. The molecule has 0 fully saturated rings. The molecule has 1 aromatic heterocycles. The van der Waals surface area contributed by atoms with Crippen LogP contribution in [0, 0.1) is 5.82 Å². The lowest BCUT2D eigenvalue weighted by atomic mass is 9.94. The van der Waals surface area contributed by atoms with E-state index in [0.717, 1.165) is 11.1 Å². The number of rotatable bonds is 8. The van der Waals surface area contributed by atoms with Gasteiger partial charge in [0.15, 0.2) is 4.80 Å². The molecule has 1 aliphatic rings.